The van der Waals surface area contributed by atoms with Crippen LogP contribution in [0.3, 0.4) is 0 Å². The first-order chi connectivity index (χ1) is 9.27. The zero-order valence-corrected chi connectivity index (χ0v) is 11.1. The van der Waals surface area contributed by atoms with Gasteiger partial charge in [-0.15, -0.1) is 0 Å². The number of carbonyl (C=O) groups is 1. The fourth-order valence-corrected chi connectivity index (χ4v) is 2.70. The molecule has 2 aliphatic heterocycles. The molecule has 104 valence electrons. The molecule has 19 heavy (non-hydrogen) atoms. The van der Waals surface area contributed by atoms with Crippen LogP contribution >= 0.6 is 0 Å². The third kappa shape index (κ3) is 2.37. The van der Waals surface area contributed by atoms with Gasteiger partial charge in [0, 0.05) is 32.6 Å². The largest absolute Gasteiger partial charge is 0.369 e. The molecule has 6 heteroatoms. The Morgan fingerprint density at radius 3 is 3.00 bits per heavy atom. The molecule has 1 aromatic rings. The van der Waals surface area contributed by atoms with E-state index in [1.165, 1.54) is 5.06 Å². The van der Waals surface area contributed by atoms with Crippen LogP contribution in [0.5, 0.6) is 0 Å². The highest BCUT2D eigenvalue weighted by Crippen LogP contribution is 2.35. The Kier molecular flexibility index (Phi) is 3.52. The highest BCUT2D eigenvalue weighted by atomic mass is 16.7. The van der Waals surface area contributed by atoms with Crippen molar-refractivity contribution in [3.8, 4) is 0 Å². The third-order valence-electron chi connectivity index (χ3n) is 3.77. The van der Waals surface area contributed by atoms with Crippen LogP contribution in [0.1, 0.15) is 31.2 Å². The highest BCUT2D eigenvalue weighted by Gasteiger charge is 2.40. The Labute approximate surface area is 112 Å². The number of nitrogens with zero attached hydrogens (tertiary/aromatic N) is 3. The van der Waals surface area contributed by atoms with E-state index >= 15 is 0 Å². The topological polar surface area (TPSA) is 56.6 Å². The number of hydrogen-bond acceptors (Lipinski definition) is 4. The van der Waals surface area contributed by atoms with Crippen molar-refractivity contribution >= 4 is 5.91 Å². The summed E-state index contributed by atoms with van der Waals surface area (Å²) in [5, 5.41) is 1.51. The van der Waals surface area contributed by atoms with E-state index in [4.69, 9.17) is 9.57 Å². The van der Waals surface area contributed by atoms with Crippen molar-refractivity contribution in [3.05, 3.63) is 18.2 Å². The van der Waals surface area contributed by atoms with Gasteiger partial charge in [0.2, 0.25) is 0 Å². The monoisotopic (exact) mass is 265 g/mol. The van der Waals surface area contributed by atoms with E-state index in [0.717, 1.165) is 25.1 Å². The van der Waals surface area contributed by atoms with E-state index in [2.05, 4.69) is 4.98 Å². The molecule has 1 aromatic heterocycles. The summed E-state index contributed by atoms with van der Waals surface area (Å²) in [7, 11) is 1.92. The molecule has 6 nitrogen and oxygen atoms in total. The molecule has 1 amide bonds. The highest BCUT2D eigenvalue weighted by molar-refractivity contribution is 5.78. The molecule has 0 radical (unpaired) electrons. The number of imidazole rings is 1. The second-order valence-electron chi connectivity index (χ2n) is 5.06. The van der Waals surface area contributed by atoms with Gasteiger partial charge in [0.05, 0.1) is 12.5 Å². The summed E-state index contributed by atoms with van der Waals surface area (Å²) in [6, 6.07) is 0. The van der Waals surface area contributed by atoms with Crippen molar-refractivity contribution in [2.75, 3.05) is 19.8 Å². The summed E-state index contributed by atoms with van der Waals surface area (Å²) in [5.41, 5.74) is 0. The Morgan fingerprint density at radius 1 is 1.42 bits per heavy atom. The maximum Gasteiger partial charge on any atom is 0.252 e. The molecule has 0 spiro atoms. The van der Waals surface area contributed by atoms with Gasteiger partial charge in [-0.05, 0) is 19.3 Å². The van der Waals surface area contributed by atoms with E-state index < -0.39 is 0 Å². The lowest BCUT2D eigenvalue weighted by Gasteiger charge is -2.29. The van der Waals surface area contributed by atoms with Crippen LogP contribution in [0.25, 0.3) is 0 Å². The zero-order chi connectivity index (χ0) is 13.2. The fraction of sp³-hybridized carbons (Fsp3) is 0.692. The normalized spacial score (nSPS) is 27.7. The number of rotatable bonds is 2. The van der Waals surface area contributed by atoms with E-state index in [9.17, 15) is 4.79 Å². The molecule has 2 fully saturated rings. The third-order valence-corrected chi connectivity index (χ3v) is 3.77. The Hall–Kier alpha value is -1.40. The number of aryl methyl sites for hydroxylation is 1. The first kappa shape index (κ1) is 12.6. The molecule has 0 aliphatic carbocycles. The average Bonchev–Trinajstić information content (AvgIpc) is 3.07. The molecular weight excluding hydrogens is 246 g/mol. The number of hydroxylamine groups is 2. The van der Waals surface area contributed by atoms with Crippen molar-refractivity contribution < 1.29 is 14.4 Å². The van der Waals surface area contributed by atoms with E-state index in [1.54, 1.807) is 6.20 Å². The van der Waals surface area contributed by atoms with E-state index in [0.29, 0.717) is 19.8 Å². The van der Waals surface area contributed by atoms with E-state index in [1.807, 2.05) is 17.8 Å². The molecular formula is C13H19N3O3. The predicted molar refractivity (Wildman–Crippen MR) is 66.9 cm³/mol. The van der Waals surface area contributed by atoms with Crippen LogP contribution in [0.2, 0.25) is 0 Å². The van der Waals surface area contributed by atoms with Gasteiger partial charge in [0.15, 0.2) is 0 Å². The maximum absolute atomic E-state index is 12.5. The van der Waals surface area contributed by atoms with Crippen LogP contribution in [0.4, 0.5) is 0 Å². The van der Waals surface area contributed by atoms with Crippen molar-refractivity contribution in [1.82, 2.24) is 14.6 Å². The van der Waals surface area contributed by atoms with E-state index in [-0.39, 0.29) is 17.9 Å². The van der Waals surface area contributed by atoms with Gasteiger partial charge >= 0.3 is 0 Å². The molecule has 2 atom stereocenters. The second-order valence-corrected chi connectivity index (χ2v) is 5.06. The maximum atomic E-state index is 12.5. The quantitative estimate of drug-likeness (QED) is 0.802. The number of hydrogen-bond donors (Lipinski definition) is 0. The molecule has 3 rings (SSSR count). The lowest BCUT2D eigenvalue weighted by molar-refractivity contribution is -0.202. The molecule has 0 bridgehead atoms. The second kappa shape index (κ2) is 5.30. The zero-order valence-electron chi connectivity index (χ0n) is 11.1. The molecule has 0 N–H and O–H groups in total. The minimum atomic E-state index is -0.252. The summed E-state index contributed by atoms with van der Waals surface area (Å²) < 4.78 is 7.63. The Balaban J connectivity index is 1.75. The molecule has 2 aliphatic rings. The van der Waals surface area contributed by atoms with Crippen LogP contribution in [0.15, 0.2) is 12.4 Å². The van der Waals surface area contributed by atoms with Crippen LogP contribution in [-0.4, -0.2) is 40.3 Å². The lowest BCUT2D eigenvalue weighted by atomic mass is 9.99. The molecule has 0 unspecified atom stereocenters. The van der Waals surface area contributed by atoms with Crippen LogP contribution < -0.4 is 0 Å². The summed E-state index contributed by atoms with van der Waals surface area (Å²) >= 11 is 0. The Bertz CT molecular complexity index is 454. The fourth-order valence-electron chi connectivity index (χ4n) is 2.70. The number of ether oxygens (including phenoxy) is 1. The lowest BCUT2D eigenvalue weighted by Crippen LogP contribution is -2.40. The molecule has 0 aromatic carbocycles. The predicted octanol–water partition coefficient (Wildman–Crippen LogP) is 1.05. The summed E-state index contributed by atoms with van der Waals surface area (Å²) in [6.07, 6.45) is 6.11. The first-order valence-electron chi connectivity index (χ1n) is 6.80. The van der Waals surface area contributed by atoms with Gasteiger partial charge in [0.25, 0.3) is 5.91 Å². The van der Waals surface area contributed by atoms with Crippen LogP contribution in [0, 0.1) is 5.92 Å². The first-order valence-corrected chi connectivity index (χ1v) is 6.80. The van der Waals surface area contributed by atoms with Crippen molar-refractivity contribution in [3.63, 3.8) is 0 Å². The van der Waals surface area contributed by atoms with Gasteiger partial charge in [-0.25, -0.2) is 10.0 Å². The van der Waals surface area contributed by atoms with Crippen LogP contribution in [-0.2, 0) is 21.4 Å². The SMILES string of the molecule is Cn1ccnc1[C@@H]1OCC[C@H]1C(=O)N1CCCCO1. The van der Waals surface area contributed by atoms with Gasteiger partial charge in [-0.2, -0.15) is 0 Å². The average molecular weight is 265 g/mol. The summed E-state index contributed by atoms with van der Waals surface area (Å²) in [5.74, 6) is 0.664. The van der Waals surface area contributed by atoms with Gasteiger partial charge < -0.3 is 9.30 Å². The number of carbonyl (C=O) groups excluding carboxylic acids is 1. The van der Waals surface area contributed by atoms with Crippen molar-refractivity contribution in [2.24, 2.45) is 13.0 Å². The number of aromatic nitrogens is 2. The summed E-state index contributed by atoms with van der Waals surface area (Å²) in [6.45, 7) is 1.91. The molecule has 3 heterocycles. The molecule has 2 saturated heterocycles. The minimum absolute atomic E-state index is 0.0326. The molecule has 0 saturated carbocycles. The smallest absolute Gasteiger partial charge is 0.252 e. The minimum Gasteiger partial charge on any atom is -0.369 e. The Morgan fingerprint density at radius 2 is 2.32 bits per heavy atom. The van der Waals surface area contributed by atoms with Gasteiger partial charge in [0.1, 0.15) is 11.9 Å². The number of amides is 1. The van der Waals surface area contributed by atoms with Gasteiger partial charge in [-0.3, -0.25) is 9.63 Å². The van der Waals surface area contributed by atoms with Crippen molar-refractivity contribution in [2.45, 2.75) is 25.4 Å². The standard InChI is InChI=1S/C13H19N3O3/c1-15-7-5-14-12(15)11-10(4-9-18-11)13(17)16-6-2-3-8-19-16/h5,7,10-11H,2-4,6,8-9H2,1H3/t10-,11-/m1/s1. The summed E-state index contributed by atoms with van der Waals surface area (Å²) in [4.78, 5) is 22.3. The van der Waals surface area contributed by atoms with Gasteiger partial charge in [-0.1, -0.05) is 0 Å². The van der Waals surface area contributed by atoms with Crippen molar-refractivity contribution in [1.29, 1.82) is 0 Å².